The van der Waals surface area contributed by atoms with Crippen molar-refractivity contribution >= 4 is 84.2 Å². The van der Waals surface area contributed by atoms with Gasteiger partial charge in [0.2, 0.25) is 52.0 Å². The molecule has 0 bridgehead atoms. The molecule has 5 fully saturated rings. The summed E-state index contributed by atoms with van der Waals surface area (Å²) in [5.41, 5.74) is 0. The van der Waals surface area contributed by atoms with Crippen molar-refractivity contribution in [1.29, 1.82) is 0 Å². The van der Waals surface area contributed by atoms with Crippen LogP contribution in [0.15, 0.2) is 0 Å². The van der Waals surface area contributed by atoms with Crippen LogP contribution in [0, 0.1) is 0 Å². The Hall–Kier alpha value is 6.43. The number of aliphatic carboxylic acids is 2. The number of carboxylic acid groups (broad SMARTS) is 2. The molecule has 0 aromatic heterocycles. The second-order valence-corrected chi connectivity index (χ2v) is 28.0. The summed E-state index contributed by atoms with van der Waals surface area (Å²) in [4.78, 5) is 26.3. The number of hydrogen-bond acceptors (Lipinski definition) is 47. The largest absolute Gasteiger partial charge is 1.00 e. The van der Waals surface area contributed by atoms with Gasteiger partial charge < -0.3 is 132 Å². The third kappa shape index (κ3) is 36.1. The molecular formula is C40H59Na9O47S7. The molecule has 0 amide bonds. The molecule has 5 heterocycles. The predicted octanol–water partition coefficient (Wildman–Crippen LogP) is -38.8. The molecule has 0 N–H and O–H groups in total. The second-order valence-electron chi connectivity index (χ2n) is 19.8. The minimum absolute atomic E-state index is 0. The fourth-order valence-corrected chi connectivity index (χ4v) is 13.9. The Morgan fingerprint density at radius 2 is 0.544 bits per heavy atom. The van der Waals surface area contributed by atoms with Gasteiger partial charge in [0.05, 0.1) is 51.0 Å². The molecule has 0 spiro atoms. The topological polar surface area (TPSA) is 684 Å². The van der Waals surface area contributed by atoms with Crippen molar-refractivity contribution in [1.82, 2.24) is 0 Å². The molecule has 5 aliphatic rings. The third-order valence-electron chi connectivity index (χ3n) is 14.1. The Bertz CT molecular complexity index is 3380. The van der Waals surface area contributed by atoms with Crippen LogP contribution in [0.4, 0.5) is 0 Å². The van der Waals surface area contributed by atoms with E-state index in [1.54, 1.807) is 0 Å². The van der Waals surface area contributed by atoms with E-state index in [1.807, 2.05) is 0 Å². The van der Waals surface area contributed by atoms with E-state index in [2.05, 4.69) is 20.9 Å². The second kappa shape index (κ2) is 51.1. The van der Waals surface area contributed by atoms with E-state index >= 15 is 0 Å². The standard InChI is InChI=1S/C40H68O47S7.9Na/c1-66-17-16(13-74-90(51,52)53)77-37(29(70-5)20(17)67-2)80-23-21(68-3)30(71-6)39(82-27(23)34(41)42)79-19-15(10-12-89(48,49)50)76-40(33(87-94(63,64)65)26(19)85-92(57,58)59)81-24-22(69-4)31(72-7)38(83-28(24)35(43)44)78-18-14(9-11-88(45,46)47)75-36(73-8)32(86-93(60,61)62)25(18)84-91(54,55)56;;;;;;;;;/h14-33,36-40H,9-13H2,1-8H3,(H,41,42)(H,43,44)(H,45,46,47)(H,48,49,50)(H,51,52,53)(H,54,55,56)(H,57,58,59)(H,60,61,62)(H,63,64,65);;;;;;;;;/q;9*+1/p-9/t14-,15-,16-,17-,18-,19-,20+,21+,22+,23+,24+,25+,26+,27+,28-,29-,30-,31-,32-,33-,36+,37-,38-,39-,40-;;;;;;;;;/m1........./s1. The molecule has 0 aliphatic carbocycles. The van der Waals surface area contributed by atoms with Crippen LogP contribution in [-0.4, -0.2) is 331 Å². The van der Waals surface area contributed by atoms with Gasteiger partial charge in [-0.15, -0.1) is 0 Å². The summed E-state index contributed by atoms with van der Waals surface area (Å²) in [5.74, 6) is -7.97. The van der Waals surface area contributed by atoms with Crippen LogP contribution in [0.25, 0.3) is 0 Å². The van der Waals surface area contributed by atoms with E-state index in [-0.39, 0.29) is 266 Å². The normalized spacial score (nSPS) is 34.3. The van der Waals surface area contributed by atoms with Gasteiger partial charge in [-0.05, 0) is 12.8 Å². The summed E-state index contributed by atoms with van der Waals surface area (Å²) in [6.07, 6.45) is -62.5. The van der Waals surface area contributed by atoms with Crippen LogP contribution in [0.3, 0.4) is 0 Å². The van der Waals surface area contributed by atoms with Crippen LogP contribution in [0.2, 0.25) is 0 Å². The minimum atomic E-state index is -6.47. The van der Waals surface area contributed by atoms with Gasteiger partial charge in [0.25, 0.3) is 0 Å². The van der Waals surface area contributed by atoms with Gasteiger partial charge in [0.1, 0.15) is 97.7 Å². The Morgan fingerprint density at radius 3 is 0.816 bits per heavy atom. The molecular weight excluding hydrogens is 1660 g/mol. The van der Waals surface area contributed by atoms with Crippen LogP contribution < -0.4 is 276 Å². The third-order valence-corrected chi connectivity index (χ3v) is 17.9. The van der Waals surface area contributed by atoms with Crippen LogP contribution in [0.5, 0.6) is 0 Å². The van der Waals surface area contributed by atoms with E-state index in [0.29, 0.717) is 21.3 Å². The van der Waals surface area contributed by atoms with Crippen molar-refractivity contribution in [2.45, 2.75) is 166 Å². The first-order chi connectivity index (χ1) is 43.2. The van der Waals surface area contributed by atoms with Gasteiger partial charge in [-0.2, -0.15) is 0 Å². The summed E-state index contributed by atoms with van der Waals surface area (Å²) >= 11 is 0. The summed E-state index contributed by atoms with van der Waals surface area (Å²) in [7, 11) is -34.5. The zero-order valence-electron chi connectivity index (χ0n) is 58.0. The monoisotopic (exact) mass is 1720 g/mol. The molecule has 5 rings (SSSR count). The SMILES string of the molecule is CO[C@H]1O[C@H](CCS(=O)(=O)[O-])[C@@H](O[C@@H]2O[C@@H](C(=O)[O-])[C@@H](O[C@H]3O[C@H](CCS(=O)(=O)[O-])[C@@H](O[C@@H]4O[C@H](C(=O)[O-])[C@@H](O[C@H]5O[C@H](COS(=O)(=O)[O-])[C@@H](OC)[C@H](OC)[C@H]5OC)[C@H](OC)[C@H]4OC)[C@H](OS(=O)(=O)[O-])[C@H]3OS(=O)(=O)[O-])[C@H](OC)[C@H]2OC)[C@H](OS(=O)(=O)[O-])[C@H]1OS(=O)(=O)[O-].[Na+].[Na+].[Na+].[Na+].[Na+].[Na+].[Na+].[Na+].[Na+]. The molecule has 47 nitrogen and oxygen atoms in total. The van der Waals surface area contributed by atoms with E-state index in [1.165, 1.54) is 0 Å². The smallest absolute Gasteiger partial charge is 0.748 e. The summed E-state index contributed by atoms with van der Waals surface area (Å²) < 4.78 is 372. The van der Waals surface area contributed by atoms with E-state index in [4.69, 9.17) is 80.5 Å². The number of carboxylic acids is 2. The quantitative estimate of drug-likeness (QED) is 0.0323. The van der Waals surface area contributed by atoms with E-state index in [0.717, 1.165) is 35.5 Å². The predicted molar refractivity (Wildman–Crippen MR) is 268 cm³/mol. The number of hydrogen-bond donors (Lipinski definition) is 0. The Balaban J connectivity index is -0.00000356. The Labute approximate surface area is 791 Å². The molecule has 0 aromatic rings. The first-order valence-corrected chi connectivity index (χ1v) is 35.6. The van der Waals surface area contributed by atoms with Gasteiger partial charge in [0, 0.05) is 68.4 Å². The average Bonchev–Trinajstić information content (AvgIpc) is 0.762. The van der Waals surface area contributed by atoms with Gasteiger partial charge in [0.15, 0.2) is 43.7 Å². The number of rotatable bonds is 35. The van der Waals surface area contributed by atoms with Crippen LogP contribution >= 0.6 is 0 Å². The van der Waals surface area contributed by atoms with Crippen LogP contribution in [0.1, 0.15) is 12.8 Å². The average molecular weight is 1720 g/mol. The molecule has 0 radical (unpaired) electrons. The van der Waals surface area contributed by atoms with Gasteiger partial charge in [-0.25, -0.2) is 58.9 Å². The maximum atomic E-state index is 13.2. The molecule has 63 heteroatoms. The molecule has 5 aliphatic heterocycles. The fraction of sp³-hybridized carbons (Fsp3) is 0.950. The Kier molecular flexibility index (Phi) is 58.6. The number of methoxy groups -OCH3 is 8. The first kappa shape index (κ1) is 118. The zero-order valence-corrected chi connectivity index (χ0v) is 81.7. The molecule has 0 unspecified atom stereocenters. The van der Waals surface area contributed by atoms with Crippen molar-refractivity contribution < 1.29 is 478 Å². The summed E-state index contributed by atoms with van der Waals surface area (Å²) in [5, 5.41) is 26.3. The number of ether oxygens (including phenoxy) is 17. The van der Waals surface area contributed by atoms with Gasteiger partial charge in [-0.1, -0.05) is 0 Å². The molecule has 103 heavy (non-hydrogen) atoms. The fourth-order valence-electron chi connectivity index (χ4n) is 10.6. The van der Waals surface area contributed by atoms with Crippen molar-refractivity contribution in [2.75, 3.05) is 75.0 Å². The van der Waals surface area contributed by atoms with Crippen molar-refractivity contribution in [3.05, 3.63) is 0 Å². The minimum Gasteiger partial charge on any atom is -0.748 e. The maximum absolute atomic E-state index is 13.2. The van der Waals surface area contributed by atoms with Gasteiger partial charge in [-0.3, -0.25) is 20.9 Å². The Morgan fingerprint density at radius 1 is 0.291 bits per heavy atom. The zero-order chi connectivity index (χ0) is 71.2. The number of carbonyl (C=O) groups is 2. The van der Waals surface area contributed by atoms with E-state index in [9.17, 15) is 111 Å². The molecule has 25 atom stereocenters. The van der Waals surface area contributed by atoms with E-state index < -0.39 is 269 Å². The van der Waals surface area contributed by atoms with Crippen LogP contribution in [-0.2, 0) is 183 Å². The molecule has 0 saturated carbocycles. The summed E-state index contributed by atoms with van der Waals surface area (Å²) in [6, 6.07) is 0. The maximum Gasteiger partial charge on any atom is 1.00 e. The molecule has 0 aromatic carbocycles. The van der Waals surface area contributed by atoms with Crippen molar-refractivity contribution in [3.63, 3.8) is 0 Å². The molecule has 5 saturated heterocycles. The molecule has 552 valence electrons. The van der Waals surface area contributed by atoms with Crippen molar-refractivity contribution in [3.8, 4) is 0 Å². The number of carbonyl (C=O) groups excluding carboxylic acids is 2. The summed E-state index contributed by atoms with van der Waals surface area (Å²) in [6.45, 7) is -1.10. The van der Waals surface area contributed by atoms with Crippen molar-refractivity contribution in [2.24, 2.45) is 0 Å². The van der Waals surface area contributed by atoms with Gasteiger partial charge >= 0.3 is 266 Å². The first-order valence-electron chi connectivity index (χ1n) is 25.8.